The molecule has 0 bridgehead atoms. The predicted octanol–water partition coefficient (Wildman–Crippen LogP) is 3.44. The molecule has 0 aliphatic heterocycles. The predicted molar refractivity (Wildman–Crippen MR) is 92.3 cm³/mol. The topological polar surface area (TPSA) is 38.9 Å². The third-order valence-corrected chi connectivity index (χ3v) is 3.94. The summed E-state index contributed by atoms with van der Waals surface area (Å²) in [4.78, 5) is 2.28. The Morgan fingerprint density at radius 2 is 1.26 bits per heavy atom. The van der Waals surface area contributed by atoms with Gasteiger partial charge in [-0.2, -0.15) is 10.2 Å². The molecule has 0 spiro atoms. The molecule has 0 saturated heterocycles. The van der Waals surface area contributed by atoms with Gasteiger partial charge in [0.25, 0.3) is 0 Å². The summed E-state index contributed by atoms with van der Waals surface area (Å²) in [5.74, 6) is 0. The average molecular weight is 309 g/mol. The highest BCUT2D eigenvalue weighted by molar-refractivity contribution is 5.44. The number of benzene rings is 1. The molecule has 5 heteroatoms. The molecular formula is C18H23N5. The van der Waals surface area contributed by atoms with Crippen LogP contribution in [0, 0.1) is 27.7 Å². The molecule has 0 unspecified atom stereocenters. The number of anilines is 1. The Balaban J connectivity index is 1.91. The highest BCUT2D eigenvalue weighted by Gasteiger charge is 2.12. The Kier molecular flexibility index (Phi) is 4.19. The van der Waals surface area contributed by atoms with Gasteiger partial charge in [-0.05, 0) is 52.0 Å². The molecule has 3 rings (SSSR count). The van der Waals surface area contributed by atoms with Crippen LogP contribution in [0.1, 0.15) is 22.8 Å². The Hall–Kier alpha value is -2.56. The summed E-state index contributed by atoms with van der Waals surface area (Å²) >= 11 is 0. The fraction of sp³-hybridized carbons (Fsp3) is 0.333. The zero-order valence-electron chi connectivity index (χ0n) is 14.2. The van der Waals surface area contributed by atoms with Crippen LogP contribution in [0.3, 0.4) is 0 Å². The lowest BCUT2D eigenvalue weighted by atomic mass is 10.3. The normalized spacial score (nSPS) is 11.0. The lowest BCUT2D eigenvalue weighted by molar-refractivity contribution is 0.484. The van der Waals surface area contributed by atoms with Gasteiger partial charge in [0.05, 0.1) is 11.4 Å². The molecule has 0 saturated carbocycles. The first kappa shape index (κ1) is 15.3. The van der Waals surface area contributed by atoms with Gasteiger partial charge >= 0.3 is 0 Å². The smallest absolute Gasteiger partial charge is 0.114 e. The zero-order chi connectivity index (χ0) is 16.4. The lowest BCUT2D eigenvalue weighted by Gasteiger charge is -2.26. The highest BCUT2D eigenvalue weighted by atomic mass is 15.4. The molecule has 0 fully saturated rings. The van der Waals surface area contributed by atoms with Gasteiger partial charge in [-0.15, -0.1) is 0 Å². The lowest BCUT2D eigenvalue weighted by Crippen LogP contribution is -2.30. The van der Waals surface area contributed by atoms with Crippen LogP contribution in [0.2, 0.25) is 0 Å². The van der Waals surface area contributed by atoms with E-state index in [1.807, 2.05) is 29.3 Å². The summed E-state index contributed by atoms with van der Waals surface area (Å²) in [5, 5.41) is 9.18. The average Bonchev–Trinajstić information content (AvgIpc) is 3.00. The van der Waals surface area contributed by atoms with Gasteiger partial charge in [-0.3, -0.25) is 0 Å². The molecule has 23 heavy (non-hydrogen) atoms. The maximum Gasteiger partial charge on any atom is 0.114 e. The van der Waals surface area contributed by atoms with Crippen molar-refractivity contribution in [2.24, 2.45) is 0 Å². The maximum atomic E-state index is 4.59. The first-order valence-corrected chi connectivity index (χ1v) is 7.85. The molecule has 5 nitrogen and oxygen atoms in total. The van der Waals surface area contributed by atoms with Crippen molar-refractivity contribution in [1.82, 2.24) is 19.6 Å². The van der Waals surface area contributed by atoms with Gasteiger partial charge in [0.2, 0.25) is 0 Å². The van der Waals surface area contributed by atoms with Crippen LogP contribution >= 0.6 is 0 Å². The standard InChI is InChI=1S/C18H23N5/c1-14-10-16(3)22(19-14)12-21(18-8-6-5-7-9-18)13-23-17(4)11-15(2)20-23/h5-11H,12-13H2,1-4H3. The van der Waals surface area contributed by atoms with Crippen LogP contribution in [-0.2, 0) is 13.3 Å². The minimum Gasteiger partial charge on any atom is -0.332 e. The molecule has 2 heterocycles. The fourth-order valence-corrected chi connectivity index (χ4v) is 2.81. The molecule has 1 aromatic carbocycles. The number of aryl methyl sites for hydroxylation is 4. The van der Waals surface area contributed by atoms with Crippen LogP contribution in [0.15, 0.2) is 42.5 Å². The van der Waals surface area contributed by atoms with Crippen molar-refractivity contribution in [2.75, 3.05) is 4.90 Å². The van der Waals surface area contributed by atoms with E-state index >= 15 is 0 Å². The van der Waals surface area contributed by atoms with Gasteiger partial charge in [-0.25, -0.2) is 9.36 Å². The van der Waals surface area contributed by atoms with Crippen LogP contribution < -0.4 is 4.90 Å². The van der Waals surface area contributed by atoms with Crippen LogP contribution in [0.25, 0.3) is 0 Å². The summed E-state index contributed by atoms with van der Waals surface area (Å²) in [6, 6.07) is 14.6. The zero-order valence-corrected chi connectivity index (χ0v) is 14.2. The Morgan fingerprint density at radius 1 is 0.783 bits per heavy atom. The third-order valence-electron chi connectivity index (χ3n) is 3.94. The van der Waals surface area contributed by atoms with E-state index in [2.05, 4.69) is 65.3 Å². The van der Waals surface area contributed by atoms with Crippen molar-refractivity contribution >= 4 is 5.69 Å². The summed E-state index contributed by atoms with van der Waals surface area (Å²) in [7, 11) is 0. The van der Waals surface area contributed by atoms with Crippen molar-refractivity contribution in [2.45, 2.75) is 41.0 Å². The number of hydrogen-bond donors (Lipinski definition) is 0. The Labute approximate surface area is 137 Å². The van der Waals surface area contributed by atoms with Gasteiger partial charge in [-0.1, -0.05) is 18.2 Å². The number of rotatable bonds is 5. The number of aromatic nitrogens is 4. The fourth-order valence-electron chi connectivity index (χ4n) is 2.81. The van der Waals surface area contributed by atoms with Crippen molar-refractivity contribution < 1.29 is 0 Å². The van der Waals surface area contributed by atoms with Crippen molar-refractivity contribution in [3.05, 3.63) is 65.2 Å². The Bertz CT molecular complexity index is 737. The summed E-state index contributed by atoms with van der Waals surface area (Å²) in [5.41, 5.74) is 5.57. The maximum absolute atomic E-state index is 4.59. The van der Waals surface area contributed by atoms with Gasteiger partial charge in [0, 0.05) is 17.1 Å². The first-order valence-electron chi connectivity index (χ1n) is 7.85. The van der Waals surface area contributed by atoms with Crippen LogP contribution in [0.5, 0.6) is 0 Å². The van der Waals surface area contributed by atoms with E-state index in [0.29, 0.717) is 13.3 Å². The molecule has 0 N–H and O–H groups in total. The second-order valence-corrected chi connectivity index (χ2v) is 6.01. The summed E-state index contributed by atoms with van der Waals surface area (Å²) < 4.78 is 4.07. The number of nitrogens with zero attached hydrogens (tertiary/aromatic N) is 5. The van der Waals surface area contributed by atoms with E-state index in [9.17, 15) is 0 Å². The second kappa shape index (κ2) is 6.28. The van der Waals surface area contributed by atoms with Gasteiger partial charge in [0.1, 0.15) is 13.3 Å². The molecule has 3 aromatic rings. The minimum atomic E-state index is 0.696. The molecule has 0 atom stereocenters. The largest absolute Gasteiger partial charge is 0.332 e. The van der Waals surface area contributed by atoms with Crippen LogP contribution in [-0.4, -0.2) is 19.6 Å². The molecule has 2 aromatic heterocycles. The van der Waals surface area contributed by atoms with Crippen molar-refractivity contribution in [1.29, 1.82) is 0 Å². The highest BCUT2D eigenvalue weighted by Crippen LogP contribution is 2.17. The summed E-state index contributed by atoms with van der Waals surface area (Å²) in [6.07, 6.45) is 0. The van der Waals surface area contributed by atoms with Gasteiger partial charge < -0.3 is 4.90 Å². The number of hydrogen-bond acceptors (Lipinski definition) is 3. The Morgan fingerprint density at radius 3 is 1.65 bits per heavy atom. The number of para-hydroxylation sites is 1. The molecule has 0 amide bonds. The van der Waals surface area contributed by atoms with Gasteiger partial charge in [0.15, 0.2) is 0 Å². The molecule has 0 aliphatic rings. The molecular weight excluding hydrogens is 286 g/mol. The van der Waals surface area contributed by atoms with Crippen LogP contribution in [0.4, 0.5) is 5.69 Å². The second-order valence-electron chi connectivity index (χ2n) is 6.01. The summed E-state index contributed by atoms with van der Waals surface area (Å²) in [6.45, 7) is 9.62. The van der Waals surface area contributed by atoms with E-state index in [1.165, 1.54) is 0 Å². The third kappa shape index (κ3) is 3.44. The van der Waals surface area contributed by atoms with E-state index < -0.39 is 0 Å². The molecule has 120 valence electrons. The quantitative estimate of drug-likeness (QED) is 0.725. The first-order chi connectivity index (χ1) is 11.0. The van der Waals surface area contributed by atoms with E-state index in [4.69, 9.17) is 0 Å². The van der Waals surface area contributed by atoms with E-state index in [-0.39, 0.29) is 0 Å². The van der Waals surface area contributed by atoms with E-state index in [0.717, 1.165) is 28.5 Å². The van der Waals surface area contributed by atoms with Crippen molar-refractivity contribution in [3.63, 3.8) is 0 Å². The SMILES string of the molecule is Cc1cc(C)n(CN(Cn2nc(C)cc2C)c2ccccc2)n1. The van der Waals surface area contributed by atoms with E-state index in [1.54, 1.807) is 0 Å². The molecule has 0 radical (unpaired) electrons. The minimum absolute atomic E-state index is 0.696. The monoisotopic (exact) mass is 309 g/mol. The molecule has 0 aliphatic carbocycles. The van der Waals surface area contributed by atoms with Crippen molar-refractivity contribution in [3.8, 4) is 0 Å².